The molecular formula is C12H17ClN2O2S. The summed E-state index contributed by atoms with van der Waals surface area (Å²) in [6.45, 7) is 2.55. The number of benzene rings is 1. The van der Waals surface area contributed by atoms with Crippen molar-refractivity contribution in [2.45, 2.75) is 13.0 Å². The third kappa shape index (κ3) is 4.68. The molecule has 0 radical (unpaired) electrons. The number of anilines is 1. The highest BCUT2D eigenvalue weighted by atomic mass is 35.5. The lowest BCUT2D eigenvalue weighted by Crippen LogP contribution is -2.38. The van der Waals surface area contributed by atoms with Crippen LogP contribution < -0.4 is 15.4 Å². The summed E-state index contributed by atoms with van der Waals surface area (Å²) in [7, 11) is 3.25. The summed E-state index contributed by atoms with van der Waals surface area (Å²) in [4.78, 5) is 0. The summed E-state index contributed by atoms with van der Waals surface area (Å²) < 4.78 is 10.1. The van der Waals surface area contributed by atoms with Gasteiger partial charge in [0.25, 0.3) is 0 Å². The van der Waals surface area contributed by atoms with Crippen molar-refractivity contribution in [3.05, 3.63) is 23.2 Å². The van der Waals surface area contributed by atoms with E-state index in [1.807, 2.05) is 6.92 Å². The van der Waals surface area contributed by atoms with E-state index in [2.05, 4.69) is 10.6 Å². The van der Waals surface area contributed by atoms with Gasteiger partial charge >= 0.3 is 0 Å². The molecule has 2 N–H and O–H groups in total. The van der Waals surface area contributed by atoms with E-state index in [-0.39, 0.29) is 6.04 Å². The van der Waals surface area contributed by atoms with Crippen molar-refractivity contribution in [3.63, 3.8) is 0 Å². The van der Waals surface area contributed by atoms with Crippen LogP contribution in [0.25, 0.3) is 0 Å². The van der Waals surface area contributed by atoms with Crippen molar-refractivity contribution < 1.29 is 9.47 Å². The number of thiocarbonyl (C=S) groups is 1. The van der Waals surface area contributed by atoms with Gasteiger partial charge in [-0.1, -0.05) is 11.6 Å². The number of rotatable bonds is 5. The first-order valence-electron chi connectivity index (χ1n) is 5.46. The molecule has 4 nitrogen and oxygen atoms in total. The minimum Gasteiger partial charge on any atom is -0.497 e. The fourth-order valence-electron chi connectivity index (χ4n) is 1.40. The Labute approximate surface area is 118 Å². The second-order valence-corrected chi connectivity index (χ2v) is 4.62. The second-order valence-electron chi connectivity index (χ2n) is 3.80. The number of halogens is 1. The van der Waals surface area contributed by atoms with Gasteiger partial charge in [0.2, 0.25) is 0 Å². The van der Waals surface area contributed by atoms with Gasteiger partial charge in [-0.25, -0.2) is 0 Å². The SMILES string of the molecule is COCC(C)NC(=S)Nc1cc(OC)ccc1Cl. The van der Waals surface area contributed by atoms with E-state index in [0.717, 1.165) is 5.75 Å². The van der Waals surface area contributed by atoms with Crippen molar-refractivity contribution in [3.8, 4) is 5.75 Å². The molecule has 1 atom stereocenters. The summed E-state index contributed by atoms with van der Waals surface area (Å²) in [6, 6.07) is 5.46. The van der Waals surface area contributed by atoms with Gasteiger partial charge in [-0.15, -0.1) is 0 Å². The molecule has 100 valence electrons. The highest BCUT2D eigenvalue weighted by Crippen LogP contribution is 2.26. The lowest BCUT2D eigenvalue weighted by Gasteiger charge is -2.17. The Kier molecular flexibility index (Phi) is 6.18. The van der Waals surface area contributed by atoms with Crippen LogP contribution in [0, 0.1) is 0 Å². The standard InChI is InChI=1S/C12H17ClN2O2S/c1-8(7-16-2)14-12(18)15-11-6-9(17-3)4-5-10(11)13/h4-6,8H,7H2,1-3H3,(H2,14,15,18). The number of ether oxygens (including phenoxy) is 2. The van der Waals surface area contributed by atoms with Gasteiger partial charge < -0.3 is 20.1 Å². The van der Waals surface area contributed by atoms with Gasteiger partial charge in [0.15, 0.2) is 5.11 Å². The number of hydrogen-bond donors (Lipinski definition) is 2. The molecule has 0 amide bonds. The highest BCUT2D eigenvalue weighted by molar-refractivity contribution is 7.80. The van der Waals surface area contributed by atoms with E-state index in [4.69, 9.17) is 33.3 Å². The maximum absolute atomic E-state index is 6.06. The Bertz CT molecular complexity index is 415. The molecule has 0 spiro atoms. The minimum absolute atomic E-state index is 0.124. The molecule has 6 heteroatoms. The van der Waals surface area contributed by atoms with Crippen LogP contribution >= 0.6 is 23.8 Å². The third-order valence-corrected chi connectivity index (χ3v) is 2.77. The molecule has 18 heavy (non-hydrogen) atoms. The average Bonchev–Trinajstić information content (AvgIpc) is 2.32. The number of hydrogen-bond acceptors (Lipinski definition) is 3. The van der Waals surface area contributed by atoms with Crippen LogP contribution in [0.3, 0.4) is 0 Å². The quantitative estimate of drug-likeness (QED) is 0.816. The summed E-state index contributed by atoms with van der Waals surface area (Å²) in [5, 5.41) is 7.19. The Balaban J connectivity index is 2.63. The molecule has 1 rings (SSSR count). The van der Waals surface area contributed by atoms with Gasteiger partial charge in [0, 0.05) is 19.2 Å². The van der Waals surface area contributed by atoms with Crippen LogP contribution in [0.15, 0.2) is 18.2 Å². The Morgan fingerprint density at radius 1 is 1.44 bits per heavy atom. The lowest BCUT2D eigenvalue weighted by atomic mass is 10.3. The topological polar surface area (TPSA) is 42.5 Å². The fourth-order valence-corrected chi connectivity index (χ4v) is 1.88. The molecule has 0 fully saturated rings. The molecular weight excluding hydrogens is 272 g/mol. The normalized spacial score (nSPS) is 11.8. The summed E-state index contributed by atoms with van der Waals surface area (Å²) >= 11 is 11.3. The molecule has 0 saturated carbocycles. The van der Waals surface area contributed by atoms with E-state index in [0.29, 0.717) is 22.4 Å². The predicted molar refractivity (Wildman–Crippen MR) is 78.7 cm³/mol. The van der Waals surface area contributed by atoms with Crippen molar-refractivity contribution in [1.29, 1.82) is 0 Å². The predicted octanol–water partition coefficient (Wildman–Crippen LogP) is 2.67. The molecule has 0 heterocycles. The van der Waals surface area contributed by atoms with E-state index < -0.39 is 0 Å². The monoisotopic (exact) mass is 288 g/mol. The molecule has 0 aliphatic heterocycles. The largest absolute Gasteiger partial charge is 0.497 e. The molecule has 0 aliphatic rings. The van der Waals surface area contributed by atoms with Gasteiger partial charge in [0.05, 0.1) is 24.4 Å². The van der Waals surface area contributed by atoms with Gasteiger partial charge in [-0.05, 0) is 31.3 Å². The molecule has 1 aromatic carbocycles. The van der Waals surface area contributed by atoms with Crippen molar-refractivity contribution in [2.24, 2.45) is 0 Å². The zero-order valence-electron chi connectivity index (χ0n) is 10.6. The zero-order valence-corrected chi connectivity index (χ0v) is 12.2. The second kappa shape index (κ2) is 7.41. The minimum atomic E-state index is 0.124. The number of methoxy groups -OCH3 is 2. The maximum Gasteiger partial charge on any atom is 0.171 e. The van der Waals surface area contributed by atoms with E-state index in [9.17, 15) is 0 Å². The van der Waals surface area contributed by atoms with E-state index in [1.54, 1.807) is 32.4 Å². The molecule has 1 aromatic rings. The number of nitrogens with one attached hydrogen (secondary N) is 2. The Morgan fingerprint density at radius 3 is 2.78 bits per heavy atom. The van der Waals surface area contributed by atoms with E-state index >= 15 is 0 Å². The van der Waals surface area contributed by atoms with Crippen LogP contribution in [-0.2, 0) is 4.74 Å². The average molecular weight is 289 g/mol. The molecule has 0 aliphatic carbocycles. The van der Waals surface area contributed by atoms with Gasteiger partial charge in [0.1, 0.15) is 5.75 Å². The summed E-state index contributed by atoms with van der Waals surface area (Å²) in [6.07, 6.45) is 0. The van der Waals surface area contributed by atoms with Crippen LogP contribution in [0.2, 0.25) is 5.02 Å². The lowest BCUT2D eigenvalue weighted by molar-refractivity contribution is 0.179. The summed E-state index contributed by atoms with van der Waals surface area (Å²) in [5.41, 5.74) is 0.707. The molecule has 0 saturated heterocycles. The van der Waals surface area contributed by atoms with Gasteiger partial charge in [-0.2, -0.15) is 0 Å². The first kappa shape index (κ1) is 15.0. The van der Waals surface area contributed by atoms with Crippen LogP contribution in [0.1, 0.15) is 6.92 Å². The first-order valence-corrected chi connectivity index (χ1v) is 6.25. The molecule has 0 bridgehead atoms. The van der Waals surface area contributed by atoms with Crippen LogP contribution in [0.4, 0.5) is 5.69 Å². The fraction of sp³-hybridized carbons (Fsp3) is 0.417. The van der Waals surface area contributed by atoms with Crippen LogP contribution in [0.5, 0.6) is 5.75 Å². The highest BCUT2D eigenvalue weighted by Gasteiger charge is 2.07. The van der Waals surface area contributed by atoms with Crippen LogP contribution in [-0.4, -0.2) is 32.0 Å². The maximum atomic E-state index is 6.06. The van der Waals surface area contributed by atoms with Crippen molar-refractivity contribution in [2.75, 3.05) is 26.1 Å². The Morgan fingerprint density at radius 2 is 2.17 bits per heavy atom. The van der Waals surface area contributed by atoms with Crippen molar-refractivity contribution >= 4 is 34.6 Å². The summed E-state index contributed by atoms with van der Waals surface area (Å²) in [5.74, 6) is 0.717. The smallest absolute Gasteiger partial charge is 0.171 e. The molecule has 1 unspecified atom stereocenters. The third-order valence-electron chi connectivity index (χ3n) is 2.22. The van der Waals surface area contributed by atoms with Gasteiger partial charge in [-0.3, -0.25) is 0 Å². The Hall–Kier alpha value is -1.04. The first-order chi connectivity index (χ1) is 8.56. The zero-order chi connectivity index (χ0) is 13.5. The van der Waals surface area contributed by atoms with Crippen molar-refractivity contribution in [1.82, 2.24) is 5.32 Å². The molecule has 0 aromatic heterocycles. The van der Waals surface area contributed by atoms with E-state index in [1.165, 1.54) is 0 Å².